The molecule has 0 spiro atoms. The number of halogens is 1. The van der Waals surface area contributed by atoms with E-state index in [-0.39, 0.29) is 24.0 Å². The monoisotopic (exact) mass is 299 g/mol. The van der Waals surface area contributed by atoms with Crippen molar-refractivity contribution in [3.8, 4) is 0 Å². The van der Waals surface area contributed by atoms with Crippen molar-refractivity contribution in [2.45, 2.75) is 44.8 Å². The van der Waals surface area contributed by atoms with Gasteiger partial charge in [0.15, 0.2) is 0 Å². The van der Waals surface area contributed by atoms with Gasteiger partial charge in [-0.3, -0.25) is 4.79 Å². The smallest absolute Gasteiger partial charge is 0.268 e. The van der Waals surface area contributed by atoms with Gasteiger partial charge < -0.3 is 15.6 Å². The highest BCUT2D eigenvalue weighted by atomic mass is 79.9. The molecule has 1 heterocycles. The van der Waals surface area contributed by atoms with Crippen LogP contribution in [-0.2, 0) is 0 Å². The molecule has 4 nitrogen and oxygen atoms in total. The summed E-state index contributed by atoms with van der Waals surface area (Å²) in [5.74, 6) is -0.0127. The molecule has 0 saturated heterocycles. The van der Waals surface area contributed by atoms with Gasteiger partial charge in [-0.2, -0.15) is 0 Å². The van der Waals surface area contributed by atoms with E-state index in [1.807, 2.05) is 16.8 Å². The molecule has 1 amide bonds. The molecule has 17 heavy (non-hydrogen) atoms. The summed E-state index contributed by atoms with van der Waals surface area (Å²) in [5, 5.41) is 3.01. The van der Waals surface area contributed by atoms with Gasteiger partial charge >= 0.3 is 0 Å². The first kappa shape index (κ1) is 12.6. The lowest BCUT2D eigenvalue weighted by molar-refractivity contribution is 0.0899. The highest BCUT2D eigenvalue weighted by Gasteiger charge is 2.28. The fourth-order valence-corrected chi connectivity index (χ4v) is 2.53. The van der Waals surface area contributed by atoms with Crippen molar-refractivity contribution in [2.75, 3.05) is 0 Å². The minimum absolute atomic E-state index is 0.0127. The predicted molar refractivity (Wildman–Crippen MR) is 71.0 cm³/mol. The fourth-order valence-electron chi connectivity index (χ4n) is 2.09. The molecular formula is C12H18BrN3O. The average Bonchev–Trinajstić information content (AvgIpc) is 2.58. The molecule has 0 aliphatic heterocycles. The molecule has 0 atom stereocenters. The van der Waals surface area contributed by atoms with Gasteiger partial charge in [-0.1, -0.05) is 0 Å². The second-order valence-corrected chi connectivity index (χ2v) is 5.86. The van der Waals surface area contributed by atoms with Crippen LogP contribution in [0.2, 0.25) is 0 Å². The van der Waals surface area contributed by atoms with Crippen LogP contribution in [0.4, 0.5) is 0 Å². The predicted octanol–water partition coefficient (Wildman–Crippen LogP) is 2.05. The molecular weight excluding hydrogens is 282 g/mol. The Morgan fingerprint density at radius 2 is 2.24 bits per heavy atom. The second-order valence-electron chi connectivity index (χ2n) is 4.95. The molecule has 3 N–H and O–H groups in total. The zero-order valence-electron chi connectivity index (χ0n) is 10.1. The molecule has 1 aliphatic rings. The lowest BCUT2D eigenvalue weighted by Gasteiger charge is -2.33. The number of nitrogens with one attached hydrogen (secondary N) is 1. The van der Waals surface area contributed by atoms with E-state index in [9.17, 15) is 4.79 Å². The minimum Gasteiger partial charge on any atom is -0.348 e. The highest BCUT2D eigenvalue weighted by Crippen LogP contribution is 2.21. The number of aromatic nitrogens is 1. The van der Waals surface area contributed by atoms with E-state index in [0.29, 0.717) is 5.69 Å². The Hall–Kier alpha value is -0.810. The van der Waals surface area contributed by atoms with Crippen molar-refractivity contribution in [3.05, 3.63) is 22.4 Å². The standard InChI is InChI=1S/C12H18BrN3O/c1-7(2)16-6-8(13)3-11(16)12(17)15-10-4-9(14)5-10/h3,6-7,9-10H,4-5,14H2,1-2H3,(H,15,17). The first-order valence-electron chi connectivity index (χ1n) is 5.91. The highest BCUT2D eigenvalue weighted by molar-refractivity contribution is 9.10. The summed E-state index contributed by atoms with van der Waals surface area (Å²) in [7, 11) is 0. The molecule has 1 aliphatic carbocycles. The third kappa shape index (κ3) is 2.72. The van der Waals surface area contributed by atoms with Crippen LogP contribution in [0.25, 0.3) is 0 Å². The Kier molecular flexibility index (Phi) is 3.58. The number of amides is 1. The Bertz CT molecular complexity index is 421. The Morgan fingerprint density at radius 1 is 1.59 bits per heavy atom. The maximum atomic E-state index is 12.1. The summed E-state index contributed by atoms with van der Waals surface area (Å²) < 4.78 is 2.90. The maximum Gasteiger partial charge on any atom is 0.268 e. The Balaban J connectivity index is 2.08. The van der Waals surface area contributed by atoms with Crippen LogP contribution in [0.5, 0.6) is 0 Å². The van der Waals surface area contributed by atoms with Crippen molar-refractivity contribution in [3.63, 3.8) is 0 Å². The normalized spacial score (nSPS) is 23.6. The summed E-state index contributed by atoms with van der Waals surface area (Å²) in [6.07, 6.45) is 3.71. The molecule has 1 fully saturated rings. The molecule has 94 valence electrons. The molecule has 0 unspecified atom stereocenters. The number of carbonyl (C=O) groups excluding carboxylic acids is 1. The summed E-state index contributed by atoms with van der Waals surface area (Å²) in [6.45, 7) is 4.12. The van der Waals surface area contributed by atoms with Crippen molar-refractivity contribution < 1.29 is 4.79 Å². The molecule has 0 aromatic carbocycles. The average molecular weight is 300 g/mol. The van der Waals surface area contributed by atoms with Crippen molar-refractivity contribution in [1.82, 2.24) is 9.88 Å². The molecule has 2 rings (SSSR count). The fraction of sp³-hybridized carbons (Fsp3) is 0.583. The number of carbonyl (C=O) groups is 1. The molecule has 0 radical (unpaired) electrons. The van der Waals surface area contributed by atoms with E-state index >= 15 is 0 Å². The minimum atomic E-state index is -0.0127. The lowest BCUT2D eigenvalue weighted by Crippen LogP contribution is -2.50. The van der Waals surface area contributed by atoms with Crippen LogP contribution >= 0.6 is 15.9 Å². The van der Waals surface area contributed by atoms with E-state index < -0.39 is 0 Å². The van der Waals surface area contributed by atoms with Gasteiger partial charge in [0.05, 0.1) is 0 Å². The Morgan fingerprint density at radius 3 is 2.76 bits per heavy atom. The number of rotatable bonds is 3. The van der Waals surface area contributed by atoms with Gasteiger partial charge in [-0.05, 0) is 48.7 Å². The van der Waals surface area contributed by atoms with Gasteiger partial charge in [0.1, 0.15) is 5.69 Å². The summed E-state index contributed by atoms with van der Waals surface area (Å²) in [6, 6.07) is 2.62. The van der Waals surface area contributed by atoms with Gasteiger partial charge in [0.25, 0.3) is 5.91 Å². The maximum absolute atomic E-state index is 12.1. The van der Waals surface area contributed by atoms with E-state index in [1.54, 1.807) is 0 Å². The molecule has 1 saturated carbocycles. The molecule has 5 heteroatoms. The van der Waals surface area contributed by atoms with E-state index in [2.05, 4.69) is 35.1 Å². The third-order valence-corrected chi connectivity index (χ3v) is 3.55. The summed E-state index contributed by atoms with van der Waals surface area (Å²) in [4.78, 5) is 12.1. The van der Waals surface area contributed by atoms with Crippen LogP contribution in [0, 0.1) is 0 Å². The van der Waals surface area contributed by atoms with Crippen LogP contribution in [0.1, 0.15) is 43.2 Å². The zero-order chi connectivity index (χ0) is 12.6. The van der Waals surface area contributed by atoms with Gasteiger partial charge in [0.2, 0.25) is 0 Å². The zero-order valence-corrected chi connectivity index (χ0v) is 11.7. The van der Waals surface area contributed by atoms with E-state index in [1.165, 1.54) is 0 Å². The number of hydrogen-bond donors (Lipinski definition) is 2. The van der Waals surface area contributed by atoms with Crippen molar-refractivity contribution in [2.24, 2.45) is 5.73 Å². The Labute approximate surface area is 110 Å². The third-order valence-electron chi connectivity index (χ3n) is 3.11. The molecule has 0 bridgehead atoms. The largest absolute Gasteiger partial charge is 0.348 e. The van der Waals surface area contributed by atoms with Crippen LogP contribution < -0.4 is 11.1 Å². The molecule has 1 aromatic heterocycles. The SMILES string of the molecule is CC(C)n1cc(Br)cc1C(=O)NC1CC(N)C1. The summed E-state index contributed by atoms with van der Waals surface area (Å²) in [5.41, 5.74) is 6.40. The number of hydrogen-bond acceptors (Lipinski definition) is 2. The number of nitrogens with zero attached hydrogens (tertiary/aromatic N) is 1. The lowest BCUT2D eigenvalue weighted by atomic mass is 9.87. The number of nitrogens with two attached hydrogens (primary N) is 1. The first-order valence-corrected chi connectivity index (χ1v) is 6.70. The van der Waals surface area contributed by atoms with E-state index in [4.69, 9.17) is 5.73 Å². The van der Waals surface area contributed by atoms with Crippen molar-refractivity contribution in [1.29, 1.82) is 0 Å². The van der Waals surface area contributed by atoms with Crippen LogP contribution in [0.15, 0.2) is 16.7 Å². The van der Waals surface area contributed by atoms with Gasteiger partial charge in [0, 0.05) is 28.8 Å². The van der Waals surface area contributed by atoms with Gasteiger partial charge in [-0.15, -0.1) is 0 Å². The quantitative estimate of drug-likeness (QED) is 0.897. The van der Waals surface area contributed by atoms with Gasteiger partial charge in [-0.25, -0.2) is 0 Å². The second kappa shape index (κ2) is 4.82. The first-order chi connectivity index (χ1) is 7.97. The topological polar surface area (TPSA) is 60.0 Å². The van der Waals surface area contributed by atoms with Crippen LogP contribution in [-0.4, -0.2) is 22.6 Å². The summed E-state index contributed by atoms with van der Waals surface area (Å²) >= 11 is 3.41. The van der Waals surface area contributed by atoms with Crippen molar-refractivity contribution >= 4 is 21.8 Å². The van der Waals surface area contributed by atoms with E-state index in [0.717, 1.165) is 17.3 Å². The van der Waals surface area contributed by atoms with Crippen LogP contribution in [0.3, 0.4) is 0 Å². The molecule has 1 aromatic rings.